The number of rotatable bonds is 11. The van der Waals surface area contributed by atoms with Gasteiger partial charge < -0.3 is 59.1 Å². The number of ketones is 1. The second kappa shape index (κ2) is 16.0. The third-order valence-corrected chi connectivity index (χ3v) is 17.2. The zero-order valence-corrected chi connectivity index (χ0v) is 38.2. The maximum Gasteiger partial charge on any atom is 0.397 e. The molecule has 3 saturated heterocycles. The average molecular weight is 919 g/mol. The van der Waals surface area contributed by atoms with Gasteiger partial charge in [-0.2, -0.15) is 8.42 Å². The summed E-state index contributed by atoms with van der Waals surface area (Å²) in [5.74, 6) is -2.26. The molecule has 4 aliphatic carbocycles. The summed E-state index contributed by atoms with van der Waals surface area (Å²) in [7, 11) is -5.07. The summed E-state index contributed by atoms with van der Waals surface area (Å²) in [4.78, 5) is 40.3. The van der Waals surface area contributed by atoms with Crippen molar-refractivity contribution in [3.63, 3.8) is 0 Å². The highest BCUT2D eigenvalue weighted by atomic mass is 32.3. The van der Waals surface area contributed by atoms with Gasteiger partial charge in [0.15, 0.2) is 24.0 Å². The smallest absolute Gasteiger partial charge is 0.397 e. The van der Waals surface area contributed by atoms with Crippen molar-refractivity contribution < 1.29 is 90.6 Å². The largest absolute Gasteiger partial charge is 0.460 e. The summed E-state index contributed by atoms with van der Waals surface area (Å²) in [6, 6.07) is 0. The highest BCUT2D eigenvalue weighted by Crippen LogP contribution is 2.77. The van der Waals surface area contributed by atoms with Crippen LogP contribution in [0.25, 0.3) is 0 Å². The Hall–Kier alpha value is -2.18. The second-order valence-corrected chi connectivity index (χ2v) is 22.0. The van der Waals surface area contributed by atoms with E-state index in [1.54, 1.807) is 19.9 Å². The molecule has 7 aliphatic rings. The number of carbonyl (C=O) groups excluding carboxylic acids is 3. The Balaban J connectivity index is 1.15. The Bertz CT molecular complexity index is 1970. The molecule has 7 N–H and O–H groups in total. The van der Waals surface area contributed by atoms with Crippen molar-refractivity contribution in [2.75, 3.05) is 6.61 Å². The van der Waals surface area contributed by atoms with Gasteiger partial charge in [-0.05, 0) is 101 Å². The van der Waals surface area contributed by atoms with E-state index in [4.69, 9.17) is 28.4 Å². The highest BCUT2D eigenvalue weighted by Gasteiger charge is 2.87. The van der Waals surface area contributed by atoms with E-state index in [-0.39, 0.29) is 31.1 Å². The van der Waals surface area contributed by atoms with Gasteiger partial charge in [-0.1, -0.05) is 39.3 Å². The fraction of sp³-hybridized carbons (Fsp3) is 0.884. The van der Waals surface area contributed by atoms with Gasteiger partial charge in [0, 0.05) is 13.3 Å². The summed E-state index contributed by atoms with van der Waals surface area (Å²) in [5.41, 5.74) is -8.18. The minimum atomic E-state index is -5.07. The van der Waals surface area contributed by atoms with Crippen molar-refractivity contribution in [2.24, 2.45) is 33.5 Å². The van der Waals surface area contributed by atoms with Crippen LogP contribution in [0.2, 0.25) is 0 Å². The lowest BCUT2D eigenvalue weighted by atomic mass is 9.40. The second-order valence-electron chi connectivity index (χ2n) is 21.0. The van der Waals surface area contributed by atoms with Crippen LogP contribution < -0.4 is 0 Å². The van der Waals surface area contributed by atoms with Crippen molar-refractivity contribution >= 4 is 28.1 Å². The summed E-state index contributed by atoms with van der Waals surface area (Å²) < 4.78 is 72.9. The van der Waals surface area contributed by atoms with Gasteiger partial charge in [0.25, 0.3) is 0 Å². The zero-order valence-electron chi connectivity index (χ0n) is 37.4. The minimum Gasteiger partial charge on any atom is -0.460 e. The van der Waals surface area contributed by atoms with Crippen molar-refractivity contribution in [1.29, 1.82) is 0 Å². The molecule has 3 saturated carbocycles. The number of aliphatic hydroxyl groups excluding tert-OH is 5. The molecule has 63 heavy (non-hydrogen) atoms. The first-order chi connectivity index (χ1) is 28.9. The van der Waals surface area contributed by atoms with Crippen LogP contribution in [0.15, 0.2) is 11.6 Å². The Morgan fingerprint density at radius 2 is 1.57 bits per heavy atom. The molecule has 358 valence electrons. The molecule has 0 aromatic heterocycles. The number of aliphatic hydroxyl groups is 6. The number of hydrogen-bond donors (Lipinski definition) is 7. The van der Waals surface area contributed by atoms with Gasteiger partial charge >= 0.3 is 22.3 Å². The van der Waals surface area contributed by atoms with E-state index in [9.17, 15) is 58.0 Å². The van der Waals surface area contributed by atoms with Crippen LogP contribution in [0.1, 0.15) is 114 Å². The van der Waals surface area contributed by atoms with E-state index in [2.05, 4.69) is 11.1 Å². The lowest BCUT2D eigenvalue weighted by molar-refractivity contribution is -0.362. The summed E-state index contributed by atoms with van der Waals surface area (Å²) in [6.07, 6.45) is -12.1. The molecule has 19 nitrogen and oxygen atoms in total. The molecule has 1 spiro atoms. The molecule has 18 atom stereocenters. The van der Waals surface area contributed by atoms with Crippen LogP contribution in [-0.2, 0) is 57.4 Å². The first kappa shape index (κ1) is 48.7. The summed E-state index contributed by atoms with van der Waals surface area (Å²) in [6.45, 7) is 15.0. The lowest BCUT2D eigenvalue weighted by Crippen LogP contribution is -2.69. The Morgan fingerprint density at radius 1 is 0.905 bits per heavy atom. The predicted molar refractivity (Wildman–Crippen MR) is 215 cm³/mol. The standard InChI is InChI=1S/C43H66O19S/c1-20-29(47)31(49)32(50)34(57-20)59-33-30(48)24(62-63(53,54)55)19-56-35(33)58-28-13-15-39(7)23-18-27(46)43-36(51)61-41(9,26(45)12-14-37(3,4)60-21(2)44)42(43,52)17-16-40(43,8)22(23)10-11-25(39)38(28,5)6/h18,20,22,24-25,27-35,46-50,52H,10-17,19H2,1-9H3,(H,53,54,55)/t20-,22-,24-,25+,27+,28+,29-,30+,31+,32-,33-,34+,35+,39-,40+,41+,42+,43-/m1/s1. The third kappa shape index (κ3) is 7.36. The zero-order chi connectivity index (χ0) is 46.8. The van der Waals surface area contributed by atoms with Crippen molar-refractivity contribution in [2.45, 2.75) is 198 Å². The minimum absolute atomic E-state index is 0.0229. The van der Waals surface area contributed by atoms with Crippen LogP contribution in [0.3, 0.4) is 0 Å². The number of ether oxygens (including phenoxy) is 6. The highest BCUT2D eigenvalue weighted by molar-refractivity contribution is 7.80. The van der Waals surface area contributed by atoms with Crippen LogP contribution in [0.5, 0.6) is 0 Å². The van der Waals surface area contributed by atoms with E-state index < -0.39 is 141 Å². The number of Topliss-reactive ketones (excluding diaryl/α,β-unsaturated/α-hetero) is 1. The van der Waals surface area contributed by atoms with E-state index >= 15 is 0 Å². The van der Waals surface area contributed by atoms with Crippen molar-refractivity contribution in [1.82, 2.24) is 0 Å². The summed E-state index contributed by atoms with van der Waals surface area (Å²) in [5, 5.41) is 68.1. The maximum atomic E-state index is 14.5. The van der Waals surface area contributed by atoms with E-state index in [0.29, 0.717) is 32.1 Å². The Morgan fingerprint density at radius 3 is 2.21 bits per heavy atom. The molecule has 0 radical (unpaired) electrons. The molecule has 6 fully saturated rings. The molecule has 0 bridgehead atoms. The van der Waals surface area contributed by atoms with Crippen molar-refractivity contribution in [3.8, 4) is 0 Å². The number of fused-ring (bicyclic) bond motifs is 4. The monoisotopic (exact) mass is 918 g/mol. The Kier molecular flexibility index (Phi) is 12.4. The molecule has 3 heterocycles. The van der Waals surface area contributed by atoms with Gasteiger partial charge in [0.2, 0.25) is 0 Å². The normalized spacial score (nSPS) is 48.2. The number of carbonyl (C=O) groups is 3. The molecule has 0 amide bonds. The fourth-order valence-electron chi connectivity index (χ4n) is 13.4. The third-order valence-electron chi connectivity index (χ3n) is 16.7. The lowest BCUT2D eigenvalue weighted by Gasteiger charge is -2.64. The molecule has 3 aliphatic heterocycles. The predicted octanol–water partition coefficient (Wildman–Crippen LogP) is 1.17. The molecular formula is C43H66O19S. The topological polar surface area (TPSA) is 292 Å². The number of cyclic esters (lactones) is 1. The van der Waals surface area contributed by atoms with Gasteiger partial charge in [-0.25, -0.2) is 4.18 Å². The van der Waals surface area contributed by atoms with E-state index in [1.807, 2.05) is 20.8 Å². The molecule has 7 rings (SSSR count). The molecular weight excluding hydrogens is 853 g/mol. The van der Waals surface area contributed by atoms with Crippen LogP contribution in [-0.4, -0.2) is 152 Å². The quantitative estimate of drug-likeness (QED) is 0.0662. The number of allylic oxidation sites excluding steroid dienone is 1. The van der Waals surface area contributed by atoms with Gasteiger partial charge in [-0.3, -0.25) is 18.9 Å². The van der Waals surface area contributed by atoms with Gasteiger partial charge in [0.05, 0.1) is 24.9 Å². The fourth-order valence-corrected chi connectivity index (χ4v) is 13.8. The van der Waals surface area contributed by atoms with E-state index in [0.717, 1.165) is 5.57 Å². The molecule has 0 aromatic rings. The van der Waals surface area contributed by atoms with Gasteiger partial charge in [0.1, 0.15) is 53.2 Å². The summed E-state index contributed by atoms with van der Waals surface area (Å²) >= 11 is 0. The number of hydrogen-bond acceptors (Lipinski definition) is 18. The Labute approximate surface area is 367 Å². The van der Waals surface area contributed by atoms with Crippen LogP contribution in [0.4, 0.5) is 0 Å². The molecule has 20 heteroatoms. The molecule has 0 aromatic carbocycles. The first-order valence-corrected chi connectivity index (χ1v) is 23.3. The van der Waals surface area contributed by atoms with Gasteiger partial charge in [-0.15, -0.1) is 0 Å². The van der Waals surface area contributed by atoms with Crippen LogP contribution >= 0.6 is 0 Å². The molecule has 0 unspecified atom stereocenters. The van der Waals surface area contributed by atoms with E-state index in [1.165, 1.54) is 20.8 Å². The number of esters is 2. The first-order valence-electron chi connectivity index (χ1n) is 22.0. The maximum absolute atomic E-state index is 14.5. The van der Waals surface area contributed by atoms with Crippen LogP contribution in [0, 0.1) is 33.5 Å². The van der Waals surface area contributed by atoms with Crippen molar-refractivity contribution in [3.05, 3.63) is 11.6 Å². The SMILES string of the molecule is CC(=O)OC(C)(C)CCC(=O)[C@]1(C)OC(=O)[C@]23[C@@H](O)C=C4[C@@H](CC[C@H]5C(C)(C)[C@@H](O[C@@H]6OC[C@@H](OS(=O)(=O)O)[C@H](O)[C@H]6O[C@@H]6O[C@H](C)[C@@H](O)[C@H](O)[C@H]6O)CC[C@]45C)[C@]2(C)CC[C@@]31O. The average Bonchev–Trinajstić information content (AvgIpc) is 3.54.